The fraction of sp³-hybridized carbons (Fsp3) is 0.0149. The zero-order valence-electron chi connectivity index (χ0n) is 38.3. The van der Waals surface area contributed by atoms with Crippen LogP contribution >= 0.6 is 0 Å². The molecule has 1 N–H and O–H groups in total. The summed E-state index contributed by atoms with van der Waals surface area (Å²) in [5.74, 6) is -1.23. The van der Waals surface area contributed by atoms with Crippen LogP contribution in [0.25, 0.3) is 66.8 Å². The standard InChI is InChI=1S/C55H37F2N.C12H10/c56-44-32-41(33-45(57)34-44)47-30-31-50-54(53(47)40-20-10-3-11-21-40)49-35-48(39-18-8-2-9-19-39)52(58-46-28-26-38(27-29-46)37-16-6-1-7-17-37)36-51(49)55(50,42-22-12-4-13-23-42)43-24-14-5-15-25-43;1-3-7-11(8-4-1)12-9-5-2-6-10-12/h1-36,58H;1-10H. The number of fused-ring (bicyclic) bond motifs is 3. The SMILES string of the molecule is Fc1cc(F)cc(-c2ccc3c(c2-c2ccccc2)-c2cc(-c4ccccc4)c(Nc4ccc(-c5ccccc5)cc4)cc2C3(c2ccccc2)c2ccccc2)c1.c1ccc(-c2ccccc2)cc1. The number of nitrogens with one attached hydrogen (secondary N) is 1. The lowest BCUT2D eigenvalue weighted by molar-refractivity contribution is 0.584. The topological polar surface area (TPSA) is 12.0 Å². The van der Waals surface area contributed by atoms with Crippen LogP contribution in [0.3, 0.4) is 0 Å². The Morgan fingerprint density at radius 2 is 0.686 bits per heavy atom. The molecule has 0 aromatic heterocycles. The smallest absolute Gasteiger partial charge is 0.126 e. The summed E-state index contributed by atoms with van der Waals surface area (Å²) in [6.45, 7) is 0. The summed E-state index contributed by atoms with van der Waals surface area (Å²) >= 11 is 0. The predicted octanol–water partition coefficient (Wildman–Crippen LogP) is 18.1. The maximum absolute atomic E-state index is 15.1. The number of rotatable bonds is 9. The normalized spacial score (nSPS) is 12.0. The van der Waals surface area contributed by atoms with Crippen LogP contribution in [0.4, 0.5) is 20.2 Å². The van der Waals surface area contributed by atoms with E-state index >= 15 is 8.78 Å². The fourth-order valence-corrected chi connectivity index (χ4v) is 10.2. The van der Waals surface area contributed by atoms with Gasteiger partial charge in [-0.05, 0) is 120 Å². The first-order valence-electron chi connectivity index (χ1n) is 23.6. The molecule has 0 atom stereocenters. The van der Waals surface area contributed by atoms with Crippen molar-refractivity contribution in [2.45, 2.75) is 5.41 Å². The summed E-state index contributed by atoms with van der Waals surface area (Å²) in [5, 5.41) is 3.86. The minimum Gasteiger partial charge on any atom is -0.355 e. The van der Waals surface area contributed by atoms with Gasteiger partial charge in [0.15, 0.2) is 0 Å². The third-order valence-corrected chi connectivity index (χ3v) is 13.3. The molecule has 334 valence electrons. The Hall–Kier alpha value is -8.92. The molecule has 0 saturated carbocycles. The Morgan fingerprint density at radius 1 is 0.271 bits per heavy atom. The Labute approximate surface area is 408 Å². The van der Waals surface area contributed by atoms with Gasteiger partial charge in [-0.15, -0.1) is 0 Å². The van der Waals surface area contributed by atoms with Crippen LogP contribution in [-0.2, 0) is 5.41 Å². The number of benzene rings is 11. The van der Waals surface area contributed by atoms with Gasteiger partial charge in [0.05, 0.1) is 5.41 Å². The highest BCUT2D eigenvalue weighted by atomic mass is 19.1. The van der Waals surface area contributed by atoms with E-state index in [2.05, 4.69) is 218 Å². The average molecular weight is 904 g/mol. The van der Waals surface area contributed by atoms with Crippen LogP contribution in [-0.4, -0.2) is 0 Å². The van der Waals surface area contributed by atoms with E-state index < -0.39 is 17.0 Å². The van der Waals surface area contributed by atoms with Crippen LogP contribution < -0.4 is 5.32 Å². The molecule has 11 aromatic rings. The quantitative estimate of drug-likeness (QED) is 0.152. The van der Waals surface area contributed by atoms with E-state index in [-0.39, 0.29) is 0 Å². The molecular formula is C67H47F2N. The lowest BCUT2D eigenvalue weighted by Gasteiger charge is -2.34. The van der Waals surface area contributed by atoms with Crippen LogP contribution in [0.5, 0.6) is 0 Å². The lowest BCUT2D eigenvalue weighted by atomic mass is 9.67. The van der Waals surface area contributed by atoms with Crippen molar-refractivity contribution in [1.29, 1.82) is 0 Å². The highest BCUT2D eigenvalue weighted by Gasteiger charge is 2.48. The van der Waals surface area contributed by atoms with Crippen molar-refractivity contribution in [2.75, 3.05) is 5.32 Å². The second kappa shape index (κ2) is 19.4. The molecular weight excluding hydrogens is 857 g/mol. The Morgan fingerprint density at radius 3 is 1.16 bits per heavy atom. The van der Waals surface area contributed by atoms with Crippen LogP contribution in [0, 0.1) is 11.6 Å². The molecule has 0 amide bonds. The summed E-state index contributed by atoms with van der Waals surface area (Å²) in [6.07, 6.45) is 0. The van der Waals surface area contributed by atoms with Crippen molar-refractivity contribution in [3.05, 3.63) is 313 Å². The van der Waals surface area contributed by atoms with Gasteiger partial charge in [-0.2, -0.15) is 0 Å². The third-order valence-electron chi connectivity index (χ3n) is 13.3. The van der Waals surface area contributed by atoms with Crippen molar-refractivity contribution < 1.29 is 8.78 Å². The first-order valence-corrected chi connectivity index (χ1v) is 23.6. The second-order valence-corrected chi connectivity index (χ2v) is 17.5. The van der Waals surface area contributed by atoms with E-state index in [1.165, 1.54) is 28.8 Å². The molecule has 0 heterocycles. The molecule has 70 heavy (non-hydrogen) atoms. The molecule has 0 radical (unpaired) electrons. The van der Waals surface area contributed by atoms with E-state index in [4.69, 9.17) is 0 Å². The van der Waals surface area contributed by atoms with Crippen LogP contribution in [0.15, 0.2) is 279 Å². The highest BCUT2D eigenvalue weighted by molar-refractivity contribution is 6.04. The van der Waals surface area contributed by atoms with Crippen LogP contribution in [0.1, 0.15) is 22.3 Å². The molecule has 3 heteroatoms. The summed E-state index contributed by atoms with van der Waals surface area (Å²) in [5.41, 5.74) is 17.8. The van der Waals surface area contributed by atoms with Crippen molar-refractivity contribution >= 4 is 11.4 Å². The van der Waals surface area contributed by atoms with Gasteiger partial charge in [0.2, 0.25) is 0 Å². The second-order valence-electron chi connectivity index (χ2n) is 17.5. The van der Waals surface area contributed by atoms with Gasteiger partial charge in [0.25, 0.3) is 0 Å². The minimum absolute atomic E-state index is 0.484. The van der Waals surface area contributed by atoms with E-state index in [1.54, 1.807) is 0 Å². The molecule has 0 fully saturated rings. The number of hydrogen-bond donors (Lipinski definition) is 1. The van der Waals surface area contributed by atoms with Crippen molar-refractivity contribution in [1.82, 2.24) is 0 Å². The minimum atomic E-state index is -0.745. The predicted molar refractivity (Wildman–Crippen MR) is 287 cm³/mol. The molecule has 0 aliphatic heterocycles. The third kappa shape index (κ3) is 8.39. The molecule has 11 aromatic carbocycles. The van der Waals surface area contributed by atoms with Crippen LogP contribution in [0.2, 0.25) is 0 Å². The number of halogens is 2. The van der Waals surface area contributed by atoms with Crippen molar-refractivity contribution in [3.63, 3.8) is 0 Å². The summed E-state index contributed by atoms with van der Waals surface area (Å²) in [7, 11) is 0. The molecule has 0 saturated heterocycles. The van der Waals surface area contributed by atoms with E-state index in [0.717, 1.165) is 84.2 Å². The Bertz CT molecular complexity index is 3430. The van der Waals surface area contributed by atoms with Gasteiger partial charge < -0.3 is 5.32 Å². The van der Waals surface area contributed by atoms with Gasteiger partial charge in [0.1, 0.15) is 11.6 Å². The first-order chi connectivity index (χ1) is 34.5. The molecule has 1 aliphatic carbocycles. The average Bonchev–Trinajstić information content (AvgIpc) is 3.72. The number of anilines is 2. The van der Waals surface area contributed by atoms with Gasteiger partial charge in [0, 0.05) is 23.0 Å². The molecule has 0 unspecified atom stereocenters. The zero-order chi connectivity index (χ0) is 47.3. The van der Waals surface area contributed by atoms with Gasteiger partial charge in [-0.3, -0.25) is 0 Å². The van der Waals surface area contributed by atoms with E-state index in [1.807, 2.05) is 48.5 Å². The molecule has 0 spiro atoms. The number of hydrogen-bond acceptors (Lipinski definition) is 1. The summed E-state index contributed by atoms with van der Waals surface area (Å²) < 4.78 is 30.1. The summed E-state index contributed by atoms with van der Waals surface area (Å²) in [6, 6.07) is 94.5. The zero-order valence-corrected chi connectivity index (χ0v) is 38.3. The van der Waals surface area contributed by atoms with Gasteiger partial charge >= 0.3 is 0 Å². The van der Waals surface area contributed by atoms with Gasteiger partial charge in [-0.25, -0.2) is 8.78 Å². The fourth-order valence-electron chi connectivity index (χ4n) is 10.2. The van der Waals surface area contributed by atoms with Gasteiger partial charge in [-0.1, -0.05) is 237 Å². The van der Waals surface area contributed by atoms with Crippen molar-refractivity contribution in [3.8, 4) is 66.8 Å². The molecule has 0 bridgehead atoms. The van der Waals surface area contributed by atoms with E-state index in [9.17, 15) is 0 Å². The lowest BCUT2D eigenvalue weighted by Crippen LogP contribution is -2.28. The van der Waals surface area contributed by atoms with E-state index in [0.29, 0.717) is 5.56 Å². The van der Waals surface area contributed by atoms with Crippen molar-refractivity contribution in [2.24, 2.45) is 0 Å². The maximum atomic E-state index is 15.1. The Balaban J connectivity index is 0.000000387. The highest BCUT2D eigenvalue weighted by Crippen LogP contribution is 2.61. The molecule has 12 rings (SSSR count). The molecule has 1 nitrogen and oxygen atoms in total. The first kappa shape index (κ1) is 43.6. The Kier molecular flexibility index (Phi) is 12.1. The summed E-state index contributed by atoms with van der Waals surface area (Å²) in [4.78, 5) is 0. The molecule has 1 aliphatic rings. The largest absolute Gasteiger partial charge is 0.355 e. The maximum Gasteiger partial charge on any atom is 0.126 e. The monoisotopic (exact) mass is 903 g/mol.